The molecule has 1 saturated heterocycles. The fourth-order valence-corrected chi connectivity index (χ4v) is 3.12. The number of rotatable bonds is 3. The number of piperidine rings is 1. The Morgan fingerprint density at radius 2 is 2.10 bits per heavy atom. The molecule has 0 spiro atoms. The van der Waals surface area contributed by atoms with Crippen LogP contribution in [0.3, 0.4) is 0 Å². The molecule has 2 amide bonds. The molecule has 0 aliphatic carbocycles. The number of amides is 2. The number of sulfonamides is 1. The summed E-state index contributed by atoms with van der Waals surface area (Å²) in [4.78, 5) is 13.6. The predicted octanol–water partition coefficient (Wildman–Crippen LogP) is 1.37. The second-order valence-electron chi connectivity index (χ2n) is 5.09. The molecule has 116 valence electrons. The summed E-state index contributed by atoms with van der Waals surface area (Å²) >= 11 is 0. The Hall–Kier alpha value is -1.67. The van der Waals surface area contributed by atoms with Crippen LogP contribution in [0.1, 0.15) is 12.8 Å². The number of nitrogens with zero attached hydrogens (tertiary/aromatic N) is 1. The summed E-state index contributed by atoms with van der Waals surface area (Å²) in [6.07, 6.45) is 2.46. The van der Waals surface area contributed by atoms with E-state index < -0.39 is 21.9 Å². The number of anilines is 1. The molecule has 2 N–H and O–H groups in total. The van der Waals surface area contributed by atoms with E-state index in [0.717, 1.165) is 6.26 Å². The Bertz CT molecular complexity index is 621. The molecule has 1 fully saturated rings. The van der Waals surface area contributed by atoms with Gasteiger partial charge in [0, 0.05) is 19.1 Å². The highest BCUT2D eigenvalue weighted by atomic mass is 32.2. The largest absolute Gasteiger partial charge is 0.323 e. The number of para-hydroxylation sites is 1. The van der Waals surface area contributed by atoms with Crippen LogP contribution in [0.15, 0.2) is 24.3 Å². The van der Waals surface area contributed by atoms with Crippen LogP contribution in [-0.4, -0.2) is 44.7 Å². The molecule has 1 atom stereocenters. The molecule has 8 heteroatoms. The van der Waals surface area contributed by atoms with Gasteiger partial charge in [0.1, 0.15) is 5.82 Å². The first-order valence-corrected chi connectivity index (χ1v) is 8.52. The first kappa shape index (κ1) is 15.7. The Kier molecular flexibility index (Phi) is 4.79. The lowest BCUT2D eigenvalue weighted by Crippen LogP contribution is -2.50. The van der Waals surface area contributed by atoms with Gasteiger partial charge >= 0.3 is 6.03 Å². The fraction of sp³-hybridized carbons (Fsp3) is 0.462. The van der Waals surface area contributed by atoms with E-state index in [2.05, 4.69) is 10.0 Å². The second-order valence-corrected chi connectivity index (χ2v) is 6.87. The van der Waals surface area contributed by atoms with Gasteiger partial charge in [-0.15, -0.1) is 0 Å². The lowest BCUT2D eigenvalue weighted by atomic mass is 10.1. The lowest BCUT2D eigenvalue weighted by Gasteiger charge is -2.32. The first-order valence-electron chi connectivity index (χ1n) is 6.63. The molecule has 0 bridgehead atoms. The van der Waals surface area contributed by atoms with Gasteiger partial charge in [-0.05, 0) is 25.0 Å². The molecular weight excluding hydrogens is 297 g/mol. The van der Waals surface area contributed by atoms with E-state index in [1.165, 1.54) is 23.1 Å². The molecule has 0 radical (unpaired) electrons. The molecule has 1 aliphatic rings. The Morgan fingerprint density at radius 1 is 1.38 bits per heavy atom. The minimum absolute atomic E-state index is 0.112. The average Bonchev–Trinajstić information content (AvgIpc) is 2.39. The maximum absolute atomic E-state index is 13.5. The molecule has 1 heterocycles. The summed E-state index contributed by atoms with van der Waals surface area (Å²) < 4.78 is 38.4. The summed E-state index contributed by atoms with van der Waals surface area (Å²) in [7, 11) is -3.31. The van der Waals surface area contributed by atoms with Gasteiger partial charge in [-0.3, -0.25) is 0 Å². The van der Waals surface area contributed by atoms with E-state index in [0.29, 0.717) is 19.4 Å². The van der Waals surface area contributed by atoms with Crippen LogP contribution in [0.4, 0.5) is 14.9 Å². The quantitative estimate of drug-likeness (QED) is 0.884. The standard InChI is InChI=1S/C13H18FN3O3S/c1-21(19,20)16-10-5-4-8-17(9-10)13(18)15-12-7-3-2-6-11(12)14/h2-3,6-7,10,16H,4-5,8-9H2,1H3,(H,15,18)/t10-/m1/s1. The highest BCUT2D eigenvalue weighted by Gasteiger charge is 2.25. The topological polar surface area (TPSA) is 78.5 Å². The minimum Gasteiger partial charge on any atom is -0.323 e. The summed E-state index contributed by atoms with van der Waals surface area (Å²) in [5, 5.41) is 2.50. The van der Waals surface area contributed by atoms with E-state index in [-0.39, 0.29) is 18.3 Å². The van der Waals surface area contributed by atoms with Gasteiger partial charge in [0.2, 0.25) is 10.0 Å². The van der Waals surface area contributed by atoms with Crippen molar-refractivity contribution in [1.29, 1.82) is 0 Å². The zero-order valence-corrected chi connectivity index (χ0v) is 12.5. The Morgan fingerprint density at radius 3 is 2.76 bits per heavy atom. The number of urea groups is 1. The van der Waals surface area contributed by atoms with Crippen LogP contribution in [0.2, 0.25) is 0 Å². The van der Waals surface area contributed by atoms with Crippen molar-refractivity contribution in [1.82, 2.24) is 9.62 Å². The number of benzene rings is 1. The van der Waals surface area contributed by atoms with Crippen molar-refractivity contribution in [2.75, 3.05) is 24.7 Å². The van der Waals surface area contributed by atoms with Crippen molar-refractivity contribution in [2.24, 2.45) is 0 Å². The van der Waals surface area contributed by atoms with Crippen molar-refractivity contribution in [3.05, 3.63) is 30.1 Å². The van der Waals surface area contributed by atoms with Crippen LogP contribution in [-0.2, 0) is 10.0 Å². The maximum Gasteiger partial charge on any atom is 0.321 e. The zero-order valence-electron chi connectivity index (χ0n) is 11.7. The first-order chi connectivity index (χ1) is 9.85. The van der Waals surface area contributed by atoms with Crippen molar-refractivity contribution in [3.63, 3.8) is 0 Å². The SMILES string of the molecule is CS(=O)(=O)N[C@@H]1CCCN(C(=O)Nc2ccccc2F)C1. The van der Waals surface area contributed by atoms with Crippen molar-refractivity contribution >= 4 is 21.7 Å². The van der Waals surface area contributed by atoms with Gasteiger partial charge in [-0.1, -0.05) is 12.1 Å². The molecule has 0 unspecified atom stereocenters. The normalized spacial score (nSPS) is 19.3. The third kappa shape index (κ3) is 4.68. The predicted molar refractivity (Wildman–Crippen MR) is 78.0 cm³/mol. The van der Waals surface area contributed by atoms with Gasteiger partial charge in [0.15, 0.2) is 0 Å². The second kappa shape index (κ2) is 6.40. The summed E-state index contributed by atoms with van der Waals surface area (Å²) in [6.45, 7) is 0.787. The van der Waals surface area contributed by atoms with E-state index in [1.54, 1.807) is 6.07 Å². The van der Waals surface area contributed by atoms with E-state index in [1.807, 2.05) is 0 Å². The lowest BCUT2D eigenvalue weighted by molar-refractivity contribution is 0.190. The fourth-order valence-electron chi connectivity index (χ4n) is 2.32. The molecule has 1 aliphatic heterocycles. The summed E-state index contributed by atoms with van der Waals surface area (Å²) in [5.74, 6) is -0.506. The molecule has 0 saturated carbocycles. The molecule has 0 aromatic heterocycles. The minimum atomic E-state index is -3.31. The van der Waals surface area contributed by atoms with Gasteiger partial charge in [0.25, 0.3) is 0 Å². The van der Waals surface area contributed by atoms with E-state index in [4.69, 9.17) is 0 Å². The highest BCUT2D eigenvalue weighted by molar-refractivity contribution is 7.88. The number of halogens is 1. The molecule has 1 aromatic rings. The number of hydrogen-bond acceptors (Lipinski definition) is 3. The zero-order chi connectivity index (χ0) is 15.5. The number of carbonyl (C=O) groups is 1. The molecule has 2 rings (SSSR count). The van der Waals surface area contributed by atoms with Crippen LogP contribution in [0.25, 0.3) is 0 Å². The molecule has 6 nitrogen and oxygen atoms in total. The molecular formula is C13H18FN3O3S. The average molecular weight is 315 g/mol. The van der Waals surface area contributed by atoms with Crippen LogP contribution in [0.5, 0.6) is 0 Å². The van der Waals surface area contributed by atoms with Crippen LogP contribution in [0, 0.1) is 5.82 Å². The van der Waals surface area contributed by atoms with Gasteiger partial charge in [-0.25, -0.2) is 22.3 Å². The number of hydrogen-bond donors (Lipinski definition) is 2. The Balaban J connectivity index is 1.98. The molecule has 1 aromatic carbocycles. The monoisotopic (exact) mass is 315 g/mol. The van der Waals surface area contributed by atoms with Crippen LogP contribution < -0.4 is 10.0 Å². The van der Waals surface area contributed by atoms with Crippen LogP contribution >= 0.6 is 0 Å². The summed E-state index contributed by atoms with van der Waals surface area (Å²) in [5.41, 5.74) is 0.112. The van der Waals surface area contributed by atoms with Gasteiger partial charge in [-0.2, -0.15) is 0 Å². The van der Waals surface area contributed by atoms with Crippen molar-refractivity contribution in [3.8, 4) is 0 Å². The summed E-state index contributed by atoms with van der Waals surface area (Å²) in [6, 6.07) is 5.17. The highest BCUT2D eigenvalue weighted by Crippen LogP contribution is 2.16. The van der Waals surface area contributed by atoms with Gasteiger partial charge in [0.05, 0.1) is 11.9 Å². The maximum atomic E-state index is 13.5. The number of carbonyl (C=O) groups excluding carboxylic acids is 1. The van der Waals surface area contributed by atoms with E-state index in [9.17, 15) is 17.6 Å². The van der Waals surface area contributed by atoms with E-state index >= 15 is 0 Å². The molecule has 21 heavy (non-hydrogen) atoms. The third-order valence-electron chi connectivity index (χ3n) is 3.20. The Labute approximate surface area is 123 Å². The number of likely N-dealkylation sites (tertiary alicyclic amines) is 1. The smallest absolute Gasteiger partial charge is 0.321 e. The number of nitrogens with one attached hydrogen (secondary N) is 2. The van der Waals surface area contributed by atoms with Crippen molar-refractivity contribution in [2.45, 2.75) is 18.9 Å². The van der Waals surface area contributed by atoms with Gasteiger partial charge < -0.3 is 10.2 Å². The van der Waals surface area contributed by atoms with Crippen molar-refractivity contribution < 1.29 is 17.6 Å². The third-order valence-corrected chi connectivity index (χ3v) is 3.97.